The van der Waals surface area contributed by atoms with Gasteiger partial charge in [-0.2, -0.15) is 0 Å². The Morgan fingerprint density at radius 2 is 1.91 bits per heavy atom. The minimum Gasteiger partial charge on any atom is -0.469 e. The first-order chi connectivity index (χ1) is 15.6. The van der Waals surface area contributed by atoms with E-state index in [1.54, 1.807) is 0 Å². The maximum atomic E-state index is 11.6. The van der Waals surface area contributed by atoms with Gasteiger partial charge in [-0.3, -0.25) is 9.69 Å². The summed E-state index contributed by atoms with van der Waals surface area (Å²) in [5, 5.41) is 7.17. The molecule has 32 heavy (non-hydrogen) atoms. The highest BCUT2D eigenvalue weighted by Gasteiger charge is 2.25. The van der Waals surface area contributed by atoms with Gasteiger partial charge in [0, 0.05) is 35.7 Å². The number of nitrogens with zero attached hydrogens (tertiary/aromatic N) is 1. The van der Waals surface area contributed by atoms with Crippen molar-refractivity contribution in [2.24, 2.45) is 0 Å². The lowest BCUT2D eigenvalue weighted by Crippen LogP contribution is -2.36. The topological polar surface area (TPSA) is 53.6 Å². The van der Waals surface area contributed by atoms with E-state index < -0.39 is 0 Å². The summed E-state index contributed by atoms with van der Waals surface area (Å²) in [5.74, 6) is -0.139. The minimum absolute atomic E-state index is 0.139. The summed E-state index contributed by atoms with van der Waals surface area (Å²) >= 11 is 8.88. The third kappa shape index (κ3) is 7.57. The second-order valence-corrected chi connectivity index (χ2v) is 9.39. The molecule has 0 saturated carbocycles. The first-order valence-corrected chi connectivity index (χ1v) is 12.5. The number of fused-ring (bicyclic) bond motifs is 1. The van der Waals surface area contributed by atoms with Crippen LogP contribution in [0.1, 0.15) is 49.3 Å². The molecule has 172 valence electrons. The van der Waals surface area contributed by atoms with E-state index in [-0.39, 0.29) is 5.97 Å². The Bertz CT molecular complexity index is 891. The van der Waals surface area contributed by atoms with Crippen LogP contribution in [-0.4, -0.2) is 42.7 Å². The molecule has 0 aliphatic heterocycles. The number of halogens is 1. The van der Waals surface area contributed by atoms with Crippen LogP contribution in [0, 0.1) is 0 Å². The lowest BCUT2D eigenvalue weighted by atomic mass is 9.86. The molecule has 0 radical (unpaired) electrons. The fourth-order valence-corrected chi connectivity index (χ4v) is 4.74. The summed E-state index contributed by atoms with van der Waals surface area (Å²) in [6.45, 7) is 2.63. The molecule has 0 spiro atoms. The summed E-state index contributed by atoms with van der Waals surface area (Å²) in [6.07, 6.45) is 5.75. The molecule has 0 aromatic heterocycles. The molecule has 7 heteroatoms. The van der Waals surface area contributed by atoms with Crippen molar-refractivity contribution in [3.8, 4) is 0 Å². The van der Waals surface area contributed by atoms with Gasteiger partial charge in [-0.1, -0.05) is 40.2 Å². The number of hydrogen-bond acceptors (Lipinski definition) is 4. The van der Waals surface area contributed by atoms with Gasteiger partial charge in [-0.05, 0) is 86.3 Å². The van der Waals surface area contributed by atoms with Crippen molar-refractivity contribution in [3.05, 3.63) is 64.1 Å². The molecular formula is C25H32BrN3O2S. The van der Waals surface area contributed by atoms with E-state index in [0.717, 1.165) is 55.5 Å². The van der Waals surface area contributed by atoms with Gasteiger partial charge in [0.05, 0.1) is 7.11 Å². The fourth-order valence-electron chi connectivity index (χ4n) is 4.25. The van der Waals surface area contributed by atoms with Crippen LogP contribution in [-0.2, 0) is 16.0 Å². The lowest BCUT2D eigenvalue weighted by Gasteiger charge is -2.36. The number of aryl methyl sites for hydroxylation is 1. The molecule has 1 aliphatic rings. The van der Waals surface area contributed by atoms with Gasteiger partial charge in [0.1, 0.15) is 0 Å². The zero-order valence-corrected chi connectivity index (χ0v) is 21.0. The molecule has 1 aliphatic carbocycles. The van der Waals surface area contributed by atoms with E-state index in [2.05, 4.69) is 55.7 Å². The average Bonchev–Trinajstić information content (AvgIpc) is 2.81. The molecule has 0 fully saturated rings. The SMILES string of the molecule is COC(=O)CCCN(CCCNC(=S)Nc1ccc(Br)cc1)C1CCCc2ccccc21. The van der Waals surface area contributed by atoms with E-state index in [0.29, 0.717) is 17.6 Å². The number of carbonyl (C=O) groups is 1. The van der Waals surface area contributed by atoms with Crippen molar-refractivity contribution in [3.63, 3.8) is 0 Å². The highest BCUT2D eigenvalue weighted by Crippen LogP contribution is 2.34. The van der Waals surface area contributed by atoms with Crippen LogP contribution in [0.2, 0.25) is 0 Å². The second kappa shape index (κ2) is 12.9. The molecule has 0 bridgehead atoms. The summed E-state index contributed by atoms with van der Waals surface area (Å²) in [7, 11) is 1.45. The number of benzene rings is 2. The molecule has 5 nitrogen and oxygen atoms in total. The molecule has 1 atom stereocenters. The molecular weight excluding hydrogens is 486 g/mol. The summed E-state index contributed by atoms with van der Waals surface area (Å²) in [6, 6.07) is 17.1. The van der Waals surface area contributed by atoms with Gasteiger partial charge in [-0.15, -0.1) is 0 Å². The Hall–Kier alpha value is -1.96. The van der Waals surface area contributed by atoms with Crippen LogP contribution in [0.4, 0.5) is 5.69 Å². The third-order valence-corrected chi connectivity index (χ3v) is 6.62. The van der Waals surface area contributed by atoms with Gasteiger partial charge >= 0.3 is 5.97 Å². The number of hydrogen-bond donors (Lipinski definition) is 2. The van der Waals surface area contributed by atoms with Crippen LogP contribution < -0.4 is 10.6 Å². The molecule has 3 rings (SSSR count). The molecule has 0 heterocycles. The Labute approximate surface area is 205 Å². The Kier molecular flexibility index (Phi) is 9.96. The van der Waals surface area contributed by atoms with Gasteiger partial charge in [0.15, 0.2) is 5.11 Å². The zero-order chi connectivity index (χ0) is 22.8. The maximum absolute atomic E-state index is 11.6. The maximum Gasteiger partial charge on any atom is 0.305 e. The van der Waals surface area contributed by atoms with Gasteiger partial charge in [-0.25, -0.2) is 0 Å². The molecule has 1 unspecified atom stereocenters. The first-order valence-electron chi connectivity index (χ1n) is 11.3. The molecule has 2 aromatic rings. The number of esters is 1. The number of anilines is 1. The standard InChI is InChI=1S/C25H32BrN3O2S/c1-31-24(30)11-5-17-29(23-10-4-8-19-7-2-3-9-22(19)23)18-6-16-27-25(32)28-21-14-12-20(26)13-15-21/h2-3,7,9,12-15,23H,4-6,8,10-11,16-18H2,1H3,(H2,27,28,32). The molecule has 2 N–H and O–H groups in total. The summed E-state index contributed by atoms with van der Waals surface area (Å²) < 4.78 is 5.86. The molecule has 2 aromatic carbocycles. The van der Waals surface area contributed by atoms with Crippen LogP contribution in [0.15, 0.2) is 53.0 Å². The first kappa shape index (κ1) is 24.7. The number of thiocarbonyl (C=S) groups is 1. The quantitative estimate of drug-likeness (QED) is 0.248. The number of carbonyl (C=O) groups excluding carboxylic acids is 1. The third-order valence-electron chi connectivity index (χ3n) is 5.84. The van der Waals surface area contributed by atoms with Crippen LogP contribution >= 0.6 is 28.1 Å². The second-order valence-electron chi connectivity index (χ2n) is 8.06. The minimum atomic E-state index is -0.139. The van der Waals surface area contributed by atoms with Crippen molar-refractivity contribution < 1.29 is 9.53 Å². The van der Waals surface area contributed by atoms with E-state index in [9.17, 15) is 4.79 Å². The largest absolute Gasteiger partial charge is 0.469 e. The monoisotopic (exact) mass is 517 g/mol. The number of methoxy groups -OCH3 is 1. The Morgan fingerprint density at radius 3 is 2.69 bits per heavy atom. The predicted molar refractivity (Wildman–Crippen MR) is 138 cm³/mol. The highest BCUT2D eigenvalue weighted by molar-refractivity contribution is 9.10. The van der Waals surface area contributed by atoms with Gasteiger partial charge < -0.3 is 15.4 Å². The van der Waals surface area contributed by atoms with Crippen molar-refractivity contribution in [1.82, 2.24) is 10.2 Å². The lowest BCUT2D eigenvalue weighted by molar-refractivity contribution is -0.140. The van der Waals surface area contributed by atoms with Crippen molar-refractivity contribution in [1.29, 1.82) is 0 Å². The zero-order valence-electron chi connectivity index (χ0n) is 18.6. The highest BCUT2D eigenvalue weighted by atomic mass is 79.9. The molecule has 0 amide bonds. The van der Waals surface area contributed by atoms with E-state index in [1.165, 1.54) is 24.7 Å². The summed E-state index contributed by atoms with van der Waals surface area (Å²) in [4.78, 5) is 14.1. The van der Waals surface area contributed by atoms with E-state index in [1.807, 2.05) is 24.3 Å². The van der Waals surface area contributed by atoms with Crippen LogP contribution in [0.3, 0.4) is 0 Å². The van der Waals surface area contributed by atoms with Crippen molar-refractivity contribution >= 4 is 44.9 Å². The van der Waals surface area contributed by atoms with Crippen molar-refractivity contribution in [2.45, 2.75) is 44.6 Å². The normalized spacial score (nSPS) is 15.2. The van der Waals surface area contributed by atoms with Crippen LogP contribution in [0.25, 0.3) is 0 Å². The number of ether oxygens (including phenoxy) is 1. The van der Waals surface area contributed by atoms with E-state index >= 15 is 0 Å². The number of rotatable bonds is 10. The molecule has 0 saturated heterocycles. The van der Waals surface area contributed by atoms with E-state index in [4.69, 9.17) is 17.0 Å². The Balaban J connectivity index is 1.52. The van der Waals surface area contributed by atoms with Gasteiger partial charge in [0.25, 0.3) is 0 Å². The fraction of sp³-hybridized carbons (Fsp3) is 0.440. The predicted octanol–water partition coefficient (Wildman–Crippen LogP) is 5.46. The smallest absolute Gasteiger partial charge is 0.305 e. The number of nitrogens with one attached hydrogen (secondary N) is 2. The summed E-state index contributed by atoms with van der Waals surface area (Å²) in [5.41, 5.74) is 3.87. The Morgan fingerprint density at radius 1 is 1.16 bits per heavy atom. The average molecular weight is 519 g/mol. The van der Waals surface area contributed by atoms with Crippen molar-refractivity contribution in [2.75, 3.05) is 32.1 Å². The van der Waals surface area contributed by atoms with Crippen LogP contribution in [0.5, 0.6) is 0 Å². The van der Waals surface area contributed by atoms with Gasteiger partial charge in [0.2, 0.25) is 0 Å².